The lowest BCUT2D eigenvalue weighted by molar-refractivity contribution is 0.0743. The maximum atomic E-state index is 11.5. The van der Waals surface area contributed by atoms with Crippen molar-refractivity contribution in [3.8, 4) is 5.75 Å². The molecule has 0 N–H and O–H groups in total. The Morgan fingerprint density at radius 2 is 1.94 bits per heavy atom. The van der Waals surface area contributed by atoms with Crippen LogP contribution in [0, 0.1) is 0 Å². The van der Waals surface area contributed by atoms with E-state index in [-0.39, 0.29) is 17.1 Å². The van der Waals surface area contributed by atoms with E-state index in [1.165, 1.54) is 20.1 Å². The fourth-order valence-corrected chi connectivity index (χ4v) is 1.47. The first-order valence-corrected chi connectivity index (χ1v) is 6.17. The molecule has 0 amide bonds. The highest BCUT2D eigenvalue weighted by Crippen LogP contribution is 2.18. The highest BCUT2D eigenvalue weighted by Gasteiger charge is 2.19. The third-order valence-corrected chi connectivity index (χ3v) is 3.00. The molecule has 1 aromatic carbocycles. The fourth-order valence-electron chi connectivity index (χ4n) is 1.03. The molecule has 1 rings (SSSR count). The van der Waals surface area contributed by atoms with Crippen LogP contribution in [-0.2, 0) is 14.3 Å². The van der Waals surface area contributed by atoms with Crippen LogP contribution in [0.4, 0.5) is 0 Å². The van der Waals surface area contributed by atoms with Crippen LogP contribution in [0.5, 0.6) is 5.75 Å². The second-order valence-corrected chi connectivity index (χ2v) is 4.78. The van der Waals surface area contributed by atoms with Gasteiger partial charge in [-0.15, -0.1) is 0 Å². The standard InChI is InChI=1S/C10H12O5S/c1-3-16(12,13)15-10(11)8-6-4-5-7-9(8)14-2/h4-7H,3H2,1-2H3. The average Bonchev–Trinajstić information content (AvgIpc) is 2.28. The van der Waals surface area contributed by atoms with Gasteiger partial charge in [-0.1, -0.05) is 12.1 Å². The predicted molar refractivity (Wildman–Crippen MR) is 57.9 cm³/mol. The first kappa shape index (κ1) is 12.5. The second-order valence-electron chi connectivity index (χ2n) is 2.92. The molecular weight excluding hydrogens is 232 g/mol. The summed E-state index contributed by atoms with van der Waals surface area (Å²) in [5, 5.41) is 0. The quantitative estimate of drug-likeness (QED) is 0.744. The highest BCUT2D eigenvalue weighted by molar-refractivity contribution is 7.87. The van der Waals surface area contributed by atoms with Gasteiger partial charge in [0, 0.05) is 0 Å². The molecule has 0 aliphatic rings. The van der Waals surface area contributed by atoms with Gasteiger partial charge in [0.15, 0.2) is 0 Å². The van der Waals surface area contributed by atoms with Crippen molar-refractivity contribution in [1.82, 2.24) is 0 Å². The zero-order valence-corrected chi connectivity index (χ0v) is 9.78. The topological polar surface area (TPSA) is 69.7 Å². The number of ether oxygens (including phenoxy) is 1. The molecule has 0 atom stereocenters. The molecule has 0 aliphatic carbocycles. The third kappa shape index (κ3) is 2.96. The zero-order chi connectivity index (χ0) is 12.2. The minimum atomic E-state index is -3.80. The van der Waals surface area contributed by atoms with Gasteiger partial charge in [-0.3, -0.25) is 0 Å². The Morgan fingerprint density at radius 1 is 1.31 bits per heavy atom. The number of methoxy groups -OCH3 is 1. The lowest BCUT2D eigenvalue weighted by atomic mass is 10.2. The number of rotatable bonds is 4. The molecular formula is C10H12O5S. The first-order chi connectivity index (χ1) is 7.50. The van der Waals surface area contributed by atoms with Gasteiger partial charge in [0.2, 0.25) is 0 Å². The summed E-state index contributed by atoms with van der Waals surface area (Å²) < 4.78 is 31.5. The van der Waals surface area contributed by atoms with E-state index in [1.54, 1.807) is 18.2 Å². The van der Waals surface area contributed by atoms with Crippen molar-refractivity contribution in [3.05, 3.63) is 29.8 Å². The van der Waals surface area contributed by atoms with Gasteiger partial charge in [0.1, 0.15) is 11.3 Å². The van der Waals surface area contributed by atoms with Gasteiger partial charge >= 0.3 is 16.1 Å². The van der Waals surface area contributed by atoms with Crippen LogP contribution in [0.2, 0.25) is 0 Å². The van der Waals surface area contributed by atoms with E-state index in [4.69, 9.17) is 4.74 Å². The van der Waals surface area contributed by atoms with Crippen molar-refractivity contribution in [1.29, 1.82) is 0 Å². The van der Waals surface area contributed by atoms with E-state index in [0.29, 0.717) is 0 Å². The molecule has 0 aliphatic heterocycles. The Labute approximate surface area is 94.1 Å². The van der Waals surface area contributed by atoms with Crippen molar-refractivity contribution >= 4 is 16.1 Å². The lowest BCUT2D eigenvalue weighted by Gasteiger charge is -2.07. The molecule has 6 heteroatoms. The molecule has 16 heavy (non-hydrogen) atoms. The largest absolute Gasteiger partial charge is 0.496 e. The average molecular weight is 244 g/mol. The van der Waals surface area contributed by atoms with Crippen molar-refractivity contribution in [2.75, 3.05) is 12.9 Å². The number of hydrogen-bond donors (Lipinski definition) is 0. The number of benzene rings is 1. The lowest BCUT2D eigenvalue weighted by Crippen LogP contribution is -2.15. The van der Waals surface area contributed by atoms with Crippen LogP contribution in [0.25, 0.3) is 0 Å². The molecule has 0 unspecified atom stereocenters. The molecule has 0 heterocycles. The van der Waals surface area contributed by atoms with E-state index >= 15 is 0 Å². The smallest absolute Gasteiger partial charge is 0.357 e. The minimum Gasteiger partial charge on any atom is -0.496 e. The van der Waals surface area contributed by atoms with E-state index in [0.717, 1.165) is 0 Å². The van der Waals surface area contributed by atoms with Crippen LogP contribution in [-0.4, -0.2) is 27.2 Å². The highest BCUT2D eigenvalue weighted by atomic mass is 32.2. The maximum Gasteiger partial charge on any atom is 0.357 e. The number of para-hydroxylation sites is 1. The number of hydrogen-bond acceptors (Lipinski definition) is 5. The molecule has 5 nitrogen and oxygen atoms in total. The Balaban J connectivity index is 2.97. The summed E-state index contributed by atoms with van der Waals surface area (Å²) in [4.78, 5) is 11.5. The Morgan fingerprint density at radius 3 is 2.50 bits per heavy atom. The molecule has 0 radical (unpaired) electrons. The molecule has 0 saturated heterocycles. The number of carbonyl (C=O) groups is 1. The third-order valence-electron chi connectivity index (χ3n) is 1.88. The van der Waals surface area contributed by atoms with Gasteiger partial charge < -0.3 is 8.92 Å². The van der Waals surface area contributed by atoms with E-state index in [9.17, 15) is 13.2 Å². The van der Waals surface area contributed by atoms with E-state index in [2.05, 4.69) is 4.18 Å². The Kier molecular flexibility index (Phi) is 3.89. The molecule has 0 saturated carbocycles. The molecule has 0 spiro atoms. The Bertz CT molecular complexity index is 478. The summed E-state index contributed by atoms with van der Waals surface area (Å²) in [7, 11) is -2.41. The van der Waals surface area contributed by atoms with Crippen molar-refractivity contribution in [3.63, 3.8) is 0 Å². The fraction of sp³-hybridized carbons (Fsp3) is 0.300. The molecule has 0 fully saturated rings. The van der Waals surface area contributed by atoms with Crippen LogP contribution >= 0.6 is 0 Å². The van der Waals surface area contributed by atoms with Gasteiger partial charge in [0.25, 0.3) is 0 Å². The molecule has 0 aromatic heterocycles. The second kappa shape index (κ2) is 4.98. The van der Waals surface area contributed by atoms with Crippen LogP contribution in [0.1, 0.15) is 17.3 Å². The normalized spacial score (nSPS) is 10.9. The SMILES string of the molecule is CCS(=O)(=O)OC(=O)c1ccccc1OC. The van der Waals surface area contributed by atoms with Crippen LogP contribution in [0.3, 0.4) is 0 Å². The molecule has 0 bridgehead atoms. The summed E-state index contributed by atoms with van der Waals surface area (Å²) in [6, 6.07) is 6.25. The van der Waals surface area contributed by atoms with Gasteiger partial charge in [-0.2, -0.15) is 8.42 Å². The maximum absolute atomic E-state index is 11.5. The Hall–Kier alpha value is -1.56. The van der Waals surface area contributed by atoms with E-state index in [1.807, 2.05) is 0 Å². The minimum absolute atomic E-state index is 0.0852. The summed E-state index contributed by atoms with van der Waals surface area (Å²) in [6.07, 6.45) is 0. The molecule has 1 aromatic rings. The van der Waals surface area contributed by atoms with Gasteiger partial charge in [-0.25, -0.2) is 4.79 Å². The van der Waals surface area contributed by atoms with E-state index < -0.39 is 16.1 Å². The summed E-state index contributed by atoms with van der Waals surface area (Å²) in [6.45, 7) is 1.39. The summed E-state index contributed by atoms with van der Waals surface area (Å²) >= 11 is 0. The van der Waals surface area contributed by atoms with Crippen molar-refractivity contribution in [2.45, 2.75) is 6.92 Å². The zero-order valence-electron chi connectivity index (χ0n) is 8.97. The summed E-state index contributed by atoms with van der Waals surface area (Å²) in [5.41, 5.74) is 0.0852. The molecule has 88 valence electrons. The van der Waals surface area contributed by atoms with Crippen molar-refractivity contribution < 1.29 is 22.1 Å². The first-order valence-electron chi connectivity index (χ1n) is 4.59. The van der Waals surface area contributed by atoms with Crippen LogP contribution < -0.4 is 4.74 Å². The van der Waals surface area contributed by atoms with Crippen LogP contribution in [0.15, 0.2) is 24.3 Å². The van der Waals surface area contributed by atoms with Gasteiger partial charge in [0.05, 0.1) is 12.9 Å². The number of carbonyl (C=O) groups excluding carboxylic acids is 1. The monoisotopic (exact) mass is 244 g/mol. The van der Waals surface area contributed by atoms with Crippen molar-refractivity contribution in [2.24, 2.45) is 0 Å². The predicted octanol–water partition coefficient (Wildman–Crippen LogP) is 1.20. The summed E-state index contributed by atoms with van der Waals surface area (Å²) in [5.74, 6) is -0.911. The van der Waals surface area contributed by atoms with Gasteiger partial charge in [-0.05, 0) is 19.1 Å².